The first-order chi connectivity index (χ1) is 16.2. The molecule has 1 atom stereocenters. The third-order valence-electron chi connectivity index (χ3n) is 5.56. The van der Waals surface area contributed by atoms with Crippen LogP contribution in [0.1, 0.15) is 57.2 Å². The molecule has 3 rings (SSSR count). The molecule has 1 aliphatic rings. The number of rotatable bonds is 9. The van der Waals surface area contributed by atoms with Crippen LogP contribution >= 0.6 is 23.2 Å². The van der Waals surface area contributed by atoms with Gasteiger partial charge in [0.2, 0.25) is 0 Å². The summed E-state index contributed by atoms with van der Waals surface area (Å²) in [6.45, 7) is 6.27. The van der Waals surface area contributed by atoms with Crippen molar-refractivity contribution in [2.75, 3.05) is 13.7 Å². The predicted octanol–water partition coefficient (Wildman–Crippen LogP) is 6.40. The second-order valence-electron chi connectivity index (χ2n) is 8.41. The van der Waals surface area contributed by atoms with Crippen LogP contribution in [0.4, 0.5) is 0 Å². The first-order valence-electron chi connectivity index (χ1n) is 11.3. The maximum Gasteiger partial charge on any atom is 0.295 e. The molecule has 1 fully saturated rings. The maximum absolute atomic E-state index is 13.2. The number of hydrogen-bond acceptors (Lipinski definition) is 5. The second-order valence-corrected chi connectivity index (χ2v) is 9.25. The molecule has 1 unspecified atom stereocenters. The number of aliphatic hydroxyl groups excluding tert-OH is 1. The lowest BCUT2D eigenvalue weighted by atomic mass is 9.94. The van der Waals surface area contributed by atoms with Crippen molar-refractivity contribution in [3.8, 4) is 11.5 Å². The number of benzene rings is 2. The number of unbranched alkanes of at least 4 members (excludes halogenated alkanes) is 2. The minimum absolute atomic E-state index is 0.0418. The Labute approximate surface area is 210 Å². The molecule has 8 heteroatoms. The third-order valence-corrected chi connectivity index (χ3v) is 6.05. The van der Waals surface area contributed by atoms with Gasteiger partial charge in [0.15, 0.2) is 0 Å². The van der Waals surface area contributed by atoms with Gasteiger partial charge in [-0.05, 0) is 50.1 Å². The number of aliphatic hydroxyl groups is 1. The molecule has 1 heterocycles. The van der Waals surface area contributed by atoms with E-state index in [9.17, 15) is 14.7 Å². The normalized spacial score (nSPS) is 17.5. The van der Waals surface area contributed by atoms with Crippen molar-refractivity contribution < 1.29 is 24.2 Å². The number of halogens is 2. The fourth-order valence-corrected chi connectivity index (χ4v) is 4.68. The van der Waals surface area contributed by atoms with Crippen LogP contribution in [0.25, 0.3) is 5.76 Å². The molecular formula is C26H29Cl2NO5. The SMILES string of the molecule is CCCCCN1C(=O)C(=O)/C(=C(/O)c2cc(Cl)cc(Cl)c2OC)C1c1cccc(OC(C)C)c1. The summed E-state index contributed by atoms with van der Waals surface area (Å²) in [6, 6.07) is 9.36. The van der Waals surface area contributed by atoms with E-state index in [0.29, 0.717) is 17.9 Å². The standard InChI is InChI=1S/C26H29Cl2NO5/c1-5-6-7-11-29-22(16-9-8-10-18(12-16)34-15(2)3)21(24(31)26(29)32)23(30)19-13-17(27)14-20(28)25(19)33-4/h8-10,12-15,22,30H,5-7,11H2,1-4H3/b23-21+. The van der Waals surface area contributed by atoms with Gasteiger partial charge in [0.1, 0.15) is 17.3 Å². The first kappa shape index (κ1) is 25.9. The average molecular weight is 506 g/mol. The summed E-state index contributed by atoms with van der Waals surface area (Å²) < 4.78 is 11.2. The lowest BCUT2D eigenvalue weighted by Crippen LogP contribution is -2.30. The second kappa shape index (κ2) is 11.2. The van der Waals surface area contributed by atoms with Gasteiger partial charge in [-0.25, -0.2) is 0 Å². The monoisotopic (exact) mass is 505 g/mol. The fraction of sp³-hybridized carbons (Fsp3) is 0.385. The molecule has 2 aromatic carbocycles. The highest BCUT2D eigenvalue weighted by molar-refractivity contribution is 6.46. The van der Waals surface area contributed by atoms with Crippen molar-refractivity contribution in [3.05, 3.63) is 63.1 Å². The van der Waals surface area contributed by atoms with Crippen LogP contribution in [0.5, 0.6) is 11.5 Å². The Hall–Kier alpha value is -2.70. The van der Waals surface area contributed by atoms with E-state index in [4.69, 9.17) is 32.7 Å². The molecule has 0 aliphatic carbocycles. The van der Waals surface area contributed by atoms with Crippen molar-refractivity contribution in [3.63, 3.8) is 0 Å². The first-order valence-corrected chi connectivity index (χ1v) is 12.0. The van der Waals surface area contributed by atoms with Crippen LogP contribution in [0, 0.1) is 0 Å². The number of ether oxygens (including phenoxy) is 2. The van der Waals surface area contributed by atoms with Gasteiger partial charge in [-0.15, -0.1) is 0 Å². The fourth-order valence-electron chi connectivity index (χ4n) is 4.11. The molecule has 6 nitrogen and oxygen atoms in total. The number of amides is 1. The molecule has 1 saturated heterocycles. The molecule has 0 bridgehead atoms. The van der Waals surface area contributed by atoms with Crippen LogP contribution in [-0.4, -0.2) is 41.5 Å². The Morgan fingerprint density at radius 3 is 2.53 bits per heavy atom. The maximum atomic E-state index is 13.2. The van der Waals surface area contributed by atoms with Gasteiger partial charge in [-0.2, -0.15) is 0 Å². The van der Waals surface area contributed by atoms with Gasteiger partial charge in [0, 0.05) is 11.6 Å². The number of Topliss-reactive ketones (excluding diaryl/α,β-unsaturated/α-hetero) is 1. The minimum Gasteiger partial charge on any atom is -0.507 e. The van der Waals surface area contributed by atoms with E-state index in [1.54, 1.807) is 12.1 Å². The molecule has 1 amide bonds. The summed E-state index contributed by atoms with van der Waals surface area (Å²) in [5.74, 6) is -1.05. The van der Waals surface area contributed by atoms with E-state index >= 15 is 0 Å². The zero-order chi connectivity index (χ0) is 25.0. The number of hydrogen-bond donors (Lipinski definition) is 1. The number of ketones is 1. The number of likely N-dealkylation sites (tertiary alicyclic amines) is 1. The van der Waals surface area contributed by atoms with Gasteiger partial charge in [0.05, 0.1) is 35.4 Å². The molecule has 1 N–H and O–H groups in total. The lowest BCUT2D eigenvalue weighted by Gasteiger charge is -2.26. The Bertz CT molecular complexity index is 1110. The molecule has 1 aliphatic heterocycles. The minimum atomic E-state index is -0.796. The summed E-state index contributed by atoms with van der Waals surface area (Å²) >= 11 is 12.4. The van der Waals surface area contributed by atoms with Crippen LogP contribution in [-0.2, 0) is 9.59 Å². The van der Waals surface area contributed by atoms with Crippen molar-refractivity contribution in [2.24, 2.45) is 0 Å². The highest BCUT2D eigenvalue weighted by atomic mass is 35.5. The van der Waals surface area contributed by atoms with E-state index in [1.165, 1.54) is 24.1 Å². The summed E-state index contributed by atoms with van der Waals surface area (Å²) in [5, 5.41) is 11.8. The van der Waals surface area contributed by atoms with Crippen molar-refractivity contribution >= 4 is 40.7 Å². The average Bonchev–Trinajstić information content (AvgIpc) is 3.03. The predicted molar refractivity (Wildman–Crippen MR) is 134 cm³/mol. The molecule has 0 saturated carbocycles. The lowest BCUT2D eigenvalue weighted by molar-refractivity contribution is -0.139. The van der Waals surface area contributed by atoms with Crippen LogP contribution < -0.4 is 9.47 Å². The highest BCUT2D eigenvalue weighted by Crippen LogP contribution is 2.43. The third kappa shape index (κ3) is 5.34. The van der Waals surface area contributed by atoms with Crippen LogP contribution in [0.3, 0.4) is 0 Å². The van der Waals surface area contributed by atoms with Crippen molar-refractivity contribution in [2.45, 2.75) is 52.2 Å². The summed E-state index contributed by atoms with van der Waals surface area (Å²) in [4.78, 5) is 27.8. The Morgan fingerprint density at radius 1 is 1.15 bits per heavy atom. The Kier molecular flexibility index (Phi) is 8.50. The van der Waals surface area contributed by atoms with Crippen LogP contribution in [0.2, 0.25) is 10.0 Å². The smallest absolute Gasteiger partial charge is 0.295 e. The number of carbonyl (C=O) groups is 2. The summed E-state index contributed by atoms with van der Waals surface area (Å²) in [6.07, 6.45) is 2.55. The number of nitrogens with zero attached hydrogens (tertiary/aromatic N) is 1. The topological polar surface area (TPSA) is 76.1 Å². The zero-order valence-electron chi connectivity index (χ0n) is 19.7. The quantitative estimate of drug-likeness (QED) is 0.184. The van der Waals surface area contributed by atoms with E-state index in [1.807, 2.05) is 26.0 Å². The van der Waals surface area contributed by atoms with Gasteiger partial charge in [-0.1, -0.05) is 55.1 Å². The van der Waals surface area contributed by atoms with E-state index < -0.39 is 23.5 Å². The molecule has 0 spiro atoms. The van der Waals surface area contributed by atoms with Gasteiger partial charge >= 0.3 is 0 Å². The molecular weight excluding hydrogens is 477 g/mol. The Balaban J connectivity index is 2.22. The van der Waals surface area contributed by atoms with Crippen molar-refractivity contribution in [1.82, 2.24) is 4.90 Å². The van der Waals surface area contributed by atoms with E-state index in [-0.39, 0.29) is 33.0 Å². The van der Waals surface area contributed by atoms with Crippen LogP contribution in [0.15, 0.2) is 42.0 Å². The molecule has 34 heavy (non-hydrogen) atoms. The molecule has 2 aromatic rings. The molecule has 0 radical (unpaired) electrons. The van der Waals surface area contributed by atoms with Crippen molar-refractivity contribution in [1.29, 1.82) is 0 Å². The molecule has 0 aromatic heterocycles. The van der Waals surface area contributed by atoms with Gasteiger partial charge in [-0.3, -0.25) is 9.59 Å². The molecule has 182 valence electrons. The van der Waals surface area contributed by atoms with E-state index in [2.05, 4.69) is 6.92 Å². The van der Waals surface area contributed by atoms with E-state index in [0.717, 1.165) is 19.3 Å². The largest absolute Gasteiger partial charge is 0.507 e. The summed E-state index contributed by atoms with van der Waals surface area (Å²) in [7, 11) is 1.40. The number of methoxy groups -OCH3 is 1. The Morgan fingerprint density at radius 2 is 1.88 bits per heavy atom. The van der Waals surface area contributed by atoms with Gasteiger partial charge < -0.3 is 19.5 Å². The number of carbonyl (C=O) groups excluding carboxylic acids is 2. The van der Waals surface area contributed by atoms with Gasteiger partial charge in [0.25, 0.3) is 11.7 Å². The summed E-state index contributed by atoms with van der Waals surface area (Å²) in [5.41, 5.74) is 0.758. The highest BCUT2D eigenvalue weighted by Gasteiger charge is 2.46. The zero-order valence-corrected chi connectivity index (χ0v) is 21.2.